The first-order valence-corrected chi connectivity index (χ1v) is 7.09. The Morgan fingerprint density at radius 3 is 2.55 bits per heavy atom. The van der Waals surface area contributed by atoms with E-state index in [4.69, 9.17) is 4.98 Å². The summed E-state index contributed by atoms with van der Waals surface area (Å²) in [5.74, 6) is 0. The maximum atomic E-state index is 4.69. The van der Waals surface area contributed by atoms with Crippen LogP contribution in [0.2, 0.25) is 0 Å². The van der Waals surface area contributed by atoms with Gasteiger partial charge in [0, 0.05) is 27.2 Å². The van der Waals surface area contributed by atoms with Crippen molar-refractivity contribution in [1.29, 1.82) is 0 Å². The van der Waals surface area contributed by atoms with Gasteiger partial charge in [0.15, 0.2) is 0 Å². The molecule has 3 nitrogen and oxygen atoms in total. The Morgan fingerprint density at radius 1 is 0.818 bits per heavy atom. The monoisotopic (exact) mass is 307 g/mol. The van der Waals surface area contributed by atoms with Crippen molar-refractivity contribution in [2.24, 2.45) is 0 Å². The molecule has 0 bridgehead atoms. The number of nitrogens with zero attached hydrogens (tertiary/aromatic N) is 1. The van der Waals surface area contributed by atoms with Crippen molar-refractivity contribution in [3.05, 3.63) is 54.2 Å². The van der Waals surface area contributed by atoms with Gasteiger partial charge in [-0.15, -0.1) is 12.4 Å². The molecule has 0 aliphatic heterocycles. The minimum absolute atomic E-state index is 0. The van der Waals surface area contributed by atoms with Crippen LogP contribution in [-0.2, 0) is 0 Å². The van der Waals surface area contributed by atoms with Gasteiger partial charge in [-0.05, 0) is 24.6 Å². The molecule has 0 aliphatic rings. The van der Waals surface area contributed by atoms with E-state index in [0.29, 0.717) is 0 Å². The summed E-state index contributed by atoms with van der Waals surface area (Å²) in [5.41, 5.74) is 6.81. The maximum absolute atomic E-state index is 4.69. The van der Waals surface area contributed by atoms with Crippen molar-refractivity contribution in [2.45, 2.75) is 6.92 Å². The number of aromatic nitrogens is 3. The van der Waals surface area contributed by atoms with Crippen molar-refractivity contribution in [1.82, 2.24) is 15.0 Å². The summed E-state index contributed by atoms with van der Waals surface area (Å²) in [4.78, 5) is 11.7. The van der Waals surface area contributed by atoms with Crippen LogP contribution in [0.4, 0.5) is 0 Å². The molecule has 0 fully saturated rings. The van der Waals surface area contributed by atoms with Gasteiger partial charge >= 0.3 is 0 Å². The molecule has 5 aromatic rings. The van der Waals surface area contributed by atoms with Crippen molar-refractivity contribution >= 4 is 56.1 Å². The number of hydrogen-bond donors (Lipinski definition) is 2. The zero-order valence-electron chi connectivity index (χ0n) is 12.0. The highest BCUT2D eigenvalue weighted by Crippen LogP contribution is 2.34. The number of H-pyrrole nitrogens is 2. The molecule has 0 aliphatic carbocycles. The summed E-state index contributed by atoms with van der Waals surface area (Å²) in [6.45, 7) is 2.14. The van der Waals surface area contributed by atoms with E-state index in [1.807, 2.05) is 6.20 Å². The van der Waals surface area contributed by atoms with Gasteiger partial charge in [-0.2, -0.15) is 0 Å². The fourth-order valence-corrected chi connectivity index (χ4v) is 3.37. The molecule has 4 heteroatoms. The van der Waals surface area contributed by atoms with E-state index >= 15 is 0 Å². The third-order valence-corrected chi connectivity index (χ3v) is 4.31. The average Bonchev–Trinajstić information content (AvgIpc) is 3.05. The fourth-order valence-electron chi connectivity index (χ4n) is 3.37. The smallest absolute Gasteiger partial charge is 0.0968 e. The molecule has 3 aromatic heterocycles. The normalized spacial score (nSPS) is 11.5. The molecule has 0 spiro atoms. The number of aryl methyl sites for hydroxylation is 1. The van der Waals surface area contributed by atoms with Gasteiger partial charge in [-0.1, -0.05) is 30.3 Å². The fraction of sp³-hybridized carbons (Fsp3) is 0.0556. The van der Waals surface area contributed by atoms with E-state index in [0.717, 1.165) is 27.6 Å². The van der Waals surface area contributed by atoms with Gasteiger partial charge in [0.2, 0.25) is 0 Å². The minimum Gasteiger partial charge on any atom is -0.353 e. The van der Waals surface area contributed by atoms with Gasteiger partial charge in [-0.25, -0.2) is 0 Å². The van der Waals surface area contributed by atoms with Gasteiger partial charge in [-0.3, -0.25) is 4.98 Å². The predicted octanol–water partition coefficient (Wildman–Crippen LogP) is 5.08. The number of nitrogens with one attached hydrogen (secondary N) is 2. The van der Waals surface area contributed by atoms with E-state index in [2.05, 4.69) is 59.4 Å². The Kier molecular flexibility index (Phi) is 2.68. The number of halogens is 1. The highest BCUT2D eigenvalue weighted by molar-refractivity contribution is 6.23. The summed E-state index contributed by atoms with van der Waals surface area (Å²) in [5, 5.41) is 3.69. The molecule has 5 rings (SSSR count). The Bertz CT molecular complexity index is 1150. The lowest BCUT2D eigenvalue weighted by Gasteiger charge is -1.96. The highest BCUT2D eigenvalue weighted by atomic mass is 35.5. The standard InChI is InChI=1S/C18H13N3.ClH/c1-10-5-4-8-13-15(10)17-18(21-13)16-11-6-2-3-7-12(11)20-14(16)9-19-17;/h2-9,20-21H,1H3;1H. The minimum atomic E-state index is 0. The van der Waals surface area contributed by atoms with Crippen LogP contribution in [0, 0.1) is 6.92 Å². The highest BCUT2D eigenvalue weighted by Gasteiger charge is 2.13. The Morgan fingerprint density at radius 2 is 1.64 bits per heavy atom. The van der Waals surface area contributed by atoms with E-state index in [-0.39, 0.29) is 12.4 Å². The second kappa shape index (κ2) is 4.49. The molecule has 0 saturated heterocycles. The zero-order chi connectivity index (χ0) is 14.0. The molecule has 0 saturated carbocycles. The van der Waals surface area contributed by atoms with Gasteiger partial charge in [0.05, 0.1) is 22.7 Å². The van der Waals surface area contributed by atoms with Crippen LogP contribution in [0.5, 0.6) is 0 Å². The lowest BCUT2D eigenvalue weighted by Crippen LogP contribution is -1.78. The molecule has 0 radical (unpaired) electrons. The van der Waals surface area contributed by atoms with Crippen LogP contribution in [0.1, 0.15) is 5.56 Å². The van der Waals surface area contributed by atoms with Crippen LogP contribution >= 0.6 is 12.4 Å². The van der Waals surface area contributed by atoms with Crippen LogP contribution in [-0.4, -0.2) is 15.0 Å². The number of pyridine rings is 1. The first-order valence-electron chi connectivity index (χ1n) is 7.09. The molecule has 0 unspecified atom stereocenters. The van der Waals surface area contributed by atoms with E-state index in [9.17, 15) is 0 Å². The summed E-state index contributed by atoms with van der Waals surface area (Å²) in [6.07, 6.45) is 1.94. The second-order valence-corrected chi connectivity index (χ2v) is 5.56. The number of benzene rings is 2. The number of fused-ring (bicyclic) bond motifs is 7. The van der Waals surface area contributed by atoms with E-state index in [1.54, 1.807) is 0 Å². The van der Waals surface area contributed by atoms with Crippen LogP contribution in [0.3, 0.4) is 0 Å². The van der Waals surface area contributed by atoms with Crippen molar-refractivity contribution in [2.75, 3.05) is 0 Å². The molecule has 2 N–H and O–H groups in total. The number of aromatic amines is 2. The largest absolute Gasteiger partial charge is 0.353 e. The molecular weight excluding hydrogens is 294 g/mol. The first-order chi connectivity index (χ1) is 10.3. The second-order valence-electron chi connectivity index (χ2n) is 5.56. The van der Waals surface area contributed by atoms with Crippen molar-refractivity contribution < 1.29 is 0 Å². The van der Waals surface area contributed by atoms with Gasteiger partial charge in [0.1, 0.15) is 0 Å². The van der Waals surface area contributed by atoms with Crippen LogP contribution < -0.4 is 0 Å². The molecule has 0 atom stereocenters. The molecule has 2 aromatic carbocycles. The first kappa shape index (κ1) is 13.2. The Balaban J connectivity index is 0.00000125. The predicted molar refractivity (Wildman–Crippen MR) is 94.9 cm³/mol. The molecule has 0 amide bonds. The zero-order valence-corrected chi connectivity index (χ0v) is 12.8. The Hall–Kier alpha value is -2.52. The maximum Gasteiger partial charge on any atom is 0.0968 e. The number of hydrogen-bond acceptors (Lipinski definition) is 1. The quantitative estimate of drug-likeness (QED) is 0.411. The van der Waals surface area contributed by atoms with Crippen LogP contribution in [0.25, 0.3) is 43.7 Å². The van der Waals surface area contributed by atoms with Gasteiger partial charge in [0.25, 0.3) is 0 Å². The lowest BCUT2D eigenvalue weighted by molar-refractivity contribution is 1.42. The summed E-state index contributed by atoms with van der Waals surface area (Å²) in [6, 6.07) is 14.7. The molecular formula is C18H14ClN3. The third kappa shape index (κ3) is 1.54. The number of rotatable bonds is 0. The average molecular weight is 308 g/mol. The Labute approximate surface area is 132 Å². The summed E-state index contributed by atoms with van der Waals surface area (Å²) >= 11 is 0. The van der Waals surface area contributed by atoms with Crippen LogP contribution in [0.15, 0.2) is 48.7 Å². The van der Waals surface area contributed by atoms with E-state index < -0.39 is 0 Å². The third-order valence-electron chi connectivity index (χ3n) is 4.31. The van der Waals surface area contributed by atoms with E-state index in [1.165, 1.54) is 21.7 Å². The van der Waals surface area contributed by atoms with Gasteiger partial charge < -0.3 is 9.97 Å². The topological polar surface area (TPSA) is 44.5 Å². The molecule has 22 heavy (non-hydrogen) atoms. The lowest BCUT2D eigenvalue weighted by atomic mass is 10.1. The number of para-hydroxylation sites is 1. The van der Waals surface area contributed by atoms with Crippen molar-refractivity contribution in [3.63, 3.8) is 0 Å². The molecule has 108 valence electrons. The SMILES string of the molecule is Cc1cccc2[nH]c3c(ncc4[nH]c5ccccc5c43)c12.Cl. The van der Waals surface area contributed by atoms with Crippen molar-refractivity contribution in [3.8, 4) is 0 Å². The summed E-state index contributed by atoms with van der Waals surface area (Å²) < 4.78 is 0. The molecule has 3 heterocycles. The summed E-state index contributed by atoms with van der Waals surface area (Å²) in [7, 11) is 0.